The Morgan fingerprint density at radius 1 is 1.44 bits per heavy atom. The van der Waals surface area contributed by atoms with Crippen molar-refractivity contribution in [3.63, 3.8) is 0 Å². The highest BCUT2D eigenvalue weighted by Crippen LogP contribution is 2.22. The number of aryl methyl sites for hydroxylation is 1. The van der Waals surface area contributed by atoms with Gasteiger partial charge in [-0.1, -0.05) is 11.6 Å². The normalized spacial score (nSPS) is 10.4. The molecule has 0 aliphatic heterocycles. The largest absolute Gasteiger partial charge is 0.485 e. The molecule has 1 aromatic heterocycles. The summed E-state index contributed by atoms with van der Waals surface area (Å²) >= 11 is 10.7. The molecule has 0 aliphatic rings. The highest BCUT2D eigenvalue weighted by Gasteiger charge is 2.02. The summed E-state index contributed by atoms with van der Waals surface area (Å²) in [5.74, 6) is 1.45. The molecule has 0 unspecified atom stereocenters. The Hall–Kier alpha value is -1.33. The van der Waals surface area contributed by atoms with Gasteiger partial charge in [-0.3, -0.25) is 10.2 Å². The zero-order valence-electron chi connectivity index (χ0n) is 8.58. The first-order valence-corrected chi connectivity index (χ1v) is 5.46. The van der Waals surface area contributed by atoms with Crippen LogP contribution in [0.4, 0.5) is 0 Å². The number of rotatable bonds is 3. The molecule has 0 atom stereocenters. The fourth-order valence-electron chi connectivity index (χ4n) is 1.29. The molecule has 0 saturated heterocycles. The van der Waals surface area contributed by atoms with Gasteiger partial charge in [0, 0.05) is 5.02 Å². The summed E-state index contributed by atoms with van der Waals surface area (Å²) in [4.78, 5) is 4.03. The average molecular weight is 256 g/mol. The topological polar surface area (TPSA) is 53.7 Å². The molecule has 1 heterocycles. The monoisotopic (exact) mass is 255 g/mol. The van der Waals surface area contributed by atoms with Crippen molar-refractivity contribution < 1.29 is 4.74 Å². The maximum Gasteiger partial charge on any atom is 0.213 e. The van der Waals surface area contributed by atoms with Crippen LogP contribution in [0.3, 0.4) is 0 Å². The van der Waals surface area contributed by atoms with E-state index in [0.717, 1.165) is 11.3 Å². The average Bonchev–Trinajstić information content (AvgIpc) is 2.63. The minimum atomic E-state index is 0.343. The molecular weight excluding hydrogens is 246 g/mol. The predicted octanol–water partition coefficient (Wildman–Crippen LogP) is 3.01. The summed E-state index contributed by atoms with van der Waals surface area (Å²) in [7, 11) is 0. The molecule has 2 aromatic rings. The number of hydrogen-bond acceptors (Lipinski definition) is 3. The van der Waals surface area contributed by atoms with Gasteiger partial charge in [0.25, 0.3) is 0 Å². The molecule has 0 aliphatic carbocycles. The minimum Gasteiger partial charge on any atom is -0.485 e. The summed E-state index contributed by atoms with van der Waals surface area (Å²) in [5.41, 5.74) is 0.988. The molecule has 84 valence electrons. The van der Waals surface area contributed by atoms with E-state index in [-0.39, 0.29) is 0 Å². The Balaban J connectivity index is 2.07. The smallest absolute Gasteiger partial charge is 0.213 e. The van der Waals surface area contributed by atoms with Crippen molar-refractivity contribution in [1.82, 2.24) is 15.2 Å². The number of benzene rings is 1. The van der Waals surface area contributed by atoms with Gasteiger partial charge in [-0.2, -0.15) is 0 Å². The van der Waals surface area contributed by atoms with Crippen molar-refractivity contribution in [2.24, 2.45) is 0 Å². The van der Waals surface area contributed by atoms with Gasteiger partial charge in [0.15, 0.2) is 5.82 Å². The van der Waals surface area contributed by atoms with E-state index < -0.39 is 0 Å². The number of aromatic amines is 2. The second-order valence-electron chi connectivity index (χ2n) is 3.31. The van der Waals surface area contributed by atoms with E-state index >= 15 is 0 Å². The van der Waals surface area contributed by atoms with Gasteiger partial charge < -0.3 is 4.74 Å². The van der Waals surface area contributed by atoms with Crippen LogP contribution in [0.2, 0.25) is 5.02 Å². The van der Waals surface area contributed by atoms with Crippen LogP contribution in [-0.2, 0) is 6.61 Å². The van der Waals surface area contributed by atoms with Gasteiger partial charge >= 0.3 is 0 Å². The van der Waals surface area contributed by atoms with Crippen LogP contribution in [0, 0.1) is 11.7 Å². The third kappa shape index (κ3) is 2.62. The number of aromatic nitrogens is 3. The number of H-pyrrole nitrogens is 2. The number of hydrogen-bond donors (Lipinski definition) is 2. The van der Waals surface area contributed by atoms with Gasteiger partial charge in [-0.25, -0.2) is 4.98 Å². The summed E-state index contributed by atoms with van der Waals surface area (Å²) in [6, 6.07) is 5.47. The zero-order valence-corrected chi connectivity index (χ0v) is 10.2. The van der Waals surface area contributed by atoms with Crippen LogP contribution < -0.4 is 4.74 Å². The van der Waals surface area contributed by atoms with E-state index in [1.807, 2.05) is 19.1 Å². The Labute approximate surface area is 103 Å². The lowest BCUT2D eigenvalue weighted by atomic mass is 10.2. The van der Waals surface area contributed by atoms with Gasteiger partial charge in [0.05, 0.1) is 0 Å². The zero-order chi connectivity index (χ0) is 11.5. The summed E-state index contributed by atoms with van der Waals surface area (Å²) in [6.45, 7) is 2.28. The SMILES string of the molecule is Cc1cc(Cl)ccc1OCc1nc(=S)[nH][nH]1. The Morgan fingerprint density at radius 3 is 2.88 bits per heavy atom. The van der Waals surface area contributed by atoms with Crippen molar-refractivity contribution in [2.75, 3.05) is 0 Å². The fraction of sp³-hybridized carbons (Fsp3) is 0.200. The van der Waals surface area contributed by atoms with Crippen LogP contribution in [-0.4, -0.2) is 15.2 Å². The van der Waals surface area contributed by atoms with Crippen molar-refractivity contribution in [3.8, 4) is 5.75 Å². The quantitative estimate of drug-likeness (QED) is 0.829. The number of halogens is 1. The first-order valence-electron chi connectivity index (χ1n) is 4.67. The Morgan fingerprint density at radius 2 is 2.25 bits per heavy atom. The molecule has 0 amide bonds. The van der Waals surface area contributed by atoms with Crippen LogP contribution in [0.5, 0.6) is 5.75 Å². The number of nitrogens with one attached hydrogen (secondary N) is 2. The maximum absolute atomic E-state index is 5.84. The third-order valence-electron chi connectivity index (χ3n) is 2.05. The molecule has 16 heavy (non-hydrogen) atoms. The van der Waals surface area contributed by atoms with Crippen LogP contribution in [0.15, 0.2) is 18.2 Å². The molecule has 0 bridgehead atoms. The number of nitrogens with zero attached hydrogens (tertiary/aromatic N) is 1. The lowest BCUT2D eigenvalue weighted by molar-refractivity contribution is 0.294. The lowest BCUT2D eigenvalue weighted by Gasteiger charge is -2.07. The van der Waals surface area contributed by atoms with Crippen molar-refractivity contribution in [3.05, 3.63) is 39.4 Å². The highest BCUT2D eigenvalue weighted by molar-refractivity contribution is 7.71. The van der Waals surface area contributed by atoms with E-state index in [1.165, 1.54) is 0 Å². The van der Waals surface area contributed by atoms with E-state index in [4.69, 9.17) is 28.6 Å². The Bertz CT molecular complexity index is 549. The second-order valence-corrected chi connectivity index (χ2v) is 4.14. The second kappa shape index (κ2) is 4.67. The third-order valence-corrected chi connectivity index (χ3v) is 2.48. The minimum absolute atomic E-state index is 0.343. The number of ether oxygens (including phenoxy) is 1. The van der Waals surface area contributed by atoms with Crippen molar-refractivity contribution in [1.29, 1.82) is 0 Å². The van der Waals surface area contributed by atoms with Gasteiger partial charge in [-0.05, 0) is 42.9 Å². The molecule has 0 saturated carbocycles. The summed E-state index contributed by atoms with van der Waals surface area (Å²) < 4.78 is 6.00. The molecular formula is C10H10ClN3OS. The van der Waals surface area contributed by atoms with Crippen LogP contribution in [0.1, 0.15) is 11.4 Å². The van der Waals surface area contributed by atoms with Gasteiger partial charge in [0.1, 0.15) is 12.4 Å². The van der Waals surface area contributed by atoms with E-state index in [1.54, 1.807) is 6.07 Å². The van der Waals surface area contributed by atoms with E-state index in [9.17, 15) is 0 Å². The molecule has 4 nitrogen and oxygen atoms in total. The predicted molar refractivity (Wildman–Crippen MR) is 64.3 cm³/mol. The summed E-state index contributed by atoms with van der Waals surface area (Å²) in [6.07, 6.45) is 0. The first-order chi connectivity index (χ1) is 7.65. The van der Waals surface area contributed by atoms with E-state index in [0.29, 0.717) is 22.2 Å². The highest BCUT2D eigenvalue weighted by atomic mass is 35.5. The molecule has 0 spiro atoms. The van der Waals surface area contributed by atoms with Crippen molar-refractivity contribution >= 4 is 23.8 Å². The fourth-order valence-corrected chi connectivity index (χ4v) is 1.68. The van der Waals surface area contributed by atoms with Crippen molar-refractivity contribution in [2.45, 2.75) is 13.5 Å². The molecule has 0 fully saturated rings. The van der Waals surface area contributed by atoms with Crippen LogP contribution >= 0.6 is 23.8 Å². The molecule has 2 N–H and O–H groups in total. The summed E-state index contributed by atoms with van der Waals surface area (Å²) in [5, 5.41) is 6.22. The van der Waals surface area contributed by atoms with E-state index in [2.05, 4.69) is 15.2 Å². The first kappa shape index (κ1) is 11.2. The van der Waals surface area contributed by atoms with Gasteiger partial charge in [0.2, 0.25) is 4.77 Å². The maximum atomic E-state index is 5.84. The standard InChI is InChI=1S/C10H10ClN3OS/c1-6-4-7(11)2-3-8(6)15-5-9-12-10(16)14-13-9/h2-4H,5H2,1H3,(H2,12,13,14,16). The molecule has 1 aromatic carbocycles. The lowest BCUT2D eigenvalue weighted by Crippen LogP contribution is -1.98. The molecule has 0 radical (unpaired) electrons. The molecule has 6 heteroatoms. The van der Waals surface area contributed by atoms with Crippen LogP contribution in [0.25, 0.3) is 0 Å². The Kier molecular flexibility index (Phi) is 3.26. The molecule has 2 rings (SSSR count). The van der Waals surface area contributed by atoms with Gasteiger partial charge in [-0.15, -0.1) is 0 Å².